The van der Waals surface area contributed by atoms with Crippen molar-refractivity contribution in [2.75, 3.05) is 0 Å². The molecule has 0 aliphatic heterocycles. The zero-order valence-corrected chi connectivity index (χ0v) is 27.6. The molecule has 1 aliphatic rings. The molecule has 1 heterocycles. The summed E-state index contributed by atoms with van der Waals surface area (Å²) >= 11 is 0. The van der Waals surface area contributed by atoms with Crippen LogP contribution in [-0.2, 0) is 0 Å². The van der Waals surface area contributed by atoms with Crippen LogP contribution in [-0.4, -0.2) is 4.57 Å². The van der Waals surface area contributed by atoms with Gasteiger partial charge in [-0.15, -0.1) is 0 Å². The normalized spacial score (nSPS) is 13.5. The maximum Gasteiger partial charge on any atom is 0.0626 e. The zero-order chi connectivity index (χ0) is 33.0. The molecule has 0 N–H and O–H groups in total. The summed E-state index contributed by atoms with van der Waals surface area (Å²) in [6.07, 6.45) is 7.98. The van der Waals surface area contributed by atoms with Gasteiger partial charge in [-0.2, -0.15) is 0 Å². The highest BCUT2D eigenvalue weighted by Gasteiger charge is 2.21. The lowest BCUT2D eigenvalue weighted by atomic mass is 9.92. The largest absolute Gasteiger partial charge is 0.308 e. The van der Waals surface area contributed by atoms with Gasteiger partial charge in [0.2, 0.25) is 0 Å². The fourth-order valence-corrected chi connectivity index (χ4v) is 8.19. The Balaban J connectivity index is 1.29. The fraction of sp³-hybridized carbons (Fsp3) is 0.0204. The van der Waals surface area contributed by atoms with Crippen molar-refractivity contribution in [3.63, 3.8) is 0 Å². The molecule has 1 heteroatoms. The molecule has 9 aromatic rings. The van der Waals surface area contributed by atoms with E-state index in [1.807, 2.05) is 0 Å². The molecule has 0 unspecified atom stereocenters. The van der Waals surface area contributed by atoms with E-state index < -0.39 is 0 Å². The Morgan fingerprint density at radius 3 is 1.62 bits per heavy atom. The topological polar surface area (TPSA) is 4.93 Å². The van der Waals surface area contributed by atoms with Crippen molar-refractivity contribution in [1.29, 1.82) is 0 Å². The van der Waals surface area contributed by atoms with E-state index >= 15 is 0 Å². The van der Waals surface area contributed by atoms with Crippen molar-refractivity contribution in [2.24, 2.45) is 0 Å². The van der Waals surface area contributed by atoms with Crippen LogP contribution in [0.3, 0.4) is 0 Å². The van der Waals surface area contributed by atoms with Crippen molar-refractivity contribution in [3.05, 3.63) is 205 Å². The predicted molar refractivity (Wildman–Crippen MR) is 215 cm³/mol. The zero-order valence-electron chi connectivity index (χ0n) is 27.6. The van der Waals surface area contributed by atoms with Crippen LogP contribution in [0.15, 0.2) is 188 Å². The monoisotopic (exact) mass is 635 g/mol. The lowest BCUT2D eigenvalue weighted by molar-refractivity contribution is 1.17. The predicted octanol–water partition coefficient (Wildman–Crippen LogP) is 13.2. The number of hydrogen-bond donors (Lipinski definition) is 0. The number of fused-ring (bicyclic) bond motifs is 10. The number of nitrogens with zero attached hydrogens (tertiary/aromatic N) is 1. The average molecular weight is 636 g/mol. The summed E-state index contributed by atoms with van der Waals surface area (Å²) in [4.78, 5) is 0. The number of benzene rings is 8. The van der Waals surface area contributed by atoms with Gasteiger partial charge in [-0.25, -0.2) is 0 Å². The molecule has 10 rings (SSSR count). The Hall–Kier alpha value is -6.44. The first kappa shape index (κ1) is 28.6. The Morgan fingerprint density at radius 1 is 0.380 bits per heavy atom. The van der Waals surface area contributed by atoms with E-state index in [1.165, 1.54) is 93.2 Å². The third-order valence-corrected chi connectivity index (χ3v) is 10.4. The summed E-state index contributed by atoms with van der Waals surface area (Å²) in [6, 6.07) is 61.9. The molecule has 234 valence electrons. The number of hydrogen-bond acceptors (Lipinski definition) is 0. The molecule has 0 radical (unpaired) electrons. The minimum absolute atomic E-state index is 0.819. The van der Waals surface area contributed by atoms with Gasteiger partial charge >= 0.3 is 0 Å². The number of para-hydroxylation sites is 2. The van der Waals surface area contributed by atoms with E-state index in [4.69, 9.17) is 0 Å². The Morgan fingerprint density at radius 2 is 0.900 bits per heavy atom. The van der Waals surface area contributed by atoms with Crippen molar-refractivity contribution in [3.8, 4) is 5.69 Å². The van der Waals surface area contributed by atoms with Crippen molar-refractivity contribution < 1.29 is 0 Å². The Bertz CT molecular complexity index is 2830. The molecule has 0 fully saturated rings. The van der Waals surface area contributed by atoms with Crippen LogP contribution in [0.4, 0.5) is 0 Å². The van der Waals surface area contributed by atoms with E-state index in [9.17, 15) is 0 Å². The first-order valence-corrected chi connectivity index (χ1v) is 17.4. The van der Waals surface area contributed by atoms with E-state index in [0.717, 1.165) is 6.42 Å². The van der Waals surface area contributed by atoms with E-state index in [-0.39, 0.29) is 0 Å². The summed E-state index contributed by atoms with van der Waals surface area (Å²) < 4.78 is 2.54. The number of rotatable bonds is 4. The molecular formula is C49H33N. The highest BCUT2D eigenvalue weighted by molar-refractivity contribution is 6.33. The first-order valence-electron chi connectivity index (χ1n) is 17.4. The van der Waals surface area contributed by atoms with Crippen LogP contribution in [0.25, 0.3) is 76.5 Å². The van der Waals surface area contributed by atoms with Gasteiger partial charge in [0.05, 0.1) is 16.7 Å². The maximum atomic E-state index is 2.54. The second-order valence-corrected chi connectivity index (χ2v) is 13.2. The van der Waals surface area contributed by atoms with Crippen LogP contribution < -0.4 is 0 Å². The molecule has 0 saturated carbocycles. The highest BCUT2D eigenvalue weighted by Crippen LogP contribution is 2.44. The molecule has 0 spiro atoms. The molecule has 1 aromatic heterocycles. The van der Waals surface area contributed by atoms with Gasteiger partial charge in [-0.05, 0) is 79.4 Å². The average Bonchev–Trinajstić information content (AvgIpc) is 3.36. The molecule has 1 aliphatic carbocycles. The van der Waals surface area contributed by atoms with Crippen LogP contribution >= 0.6 is 0 Å². The van der Waals surface area contributed by atoms with Gasteiger partial charge in [-0.1, -0.05) is 170 Å². The Kier molecular flexibility index (Phi) is 6.63. The quantitative estimate of drug-likeness (QED) is 0.170. The molecule has 0 amide bonds. The van der Waals surface area contributed by atoms with Gasteiger partial charge in [0.1, 0.15) is 0 Å². The van der Waals surface area contributed by atoms with E-state index in [0.29, 0.717) is 0 Å². The molecule has 0 atom stereocenters. The van der Waals surface area contributed by atoms with E-state index in [2.05, 4.69) is 193 Å². The maximum absolute atomic E-state index is 2.54. The third kappa shape index (κ3) is 4.48. The first-order chi connectivity index (χ1) is 24.8. The van der Waals surface area contributed by atoms with Crippen molar-refractivity contribution in [2.45, 2.75) is 6.42 Å². The molecule has 1 nitrogen and oxygen atoms in total. The van der Waals surface area contributed by atoms with E-state index in [1.54, 1.807) is 0 Å². The van der Waals surface area contributed by atoms with Crippen molar-refractivity contribution >= 4 is 70.8 Å². The van der Waals surface area contributed by atoms with Crippen LogP contribution in [0, 0.1) is 0 Å². The molecule has 50 heavy (non-hydrogen) atoms. The Labute approximate surface area is 291 Å². The highest BCUT2D eigenvalue weighted by atomic mass is 15.0. The van der Waals surface area contributed by atoms with Crippen LogP contribution in [0.1, 0.15) is 23.1 Å². The van der Waals surface area contributed by atoms with Gasteiger partial charge in [0.25, 0.3) is 0 Å². The summed E-state index contributed by atoms with van der Waals surface area (Å²) in [5, 5.41) is 10.3. The molecule has 0 saturated heterocycles. The minimum atomic E-state index is 0.819. The van der Waals surface area contributed by atoms with Gasteiger partial charge in [-0.3, -0.25) is 0 Å². The lowest BCUT2D eigenvalue weighted by Crippen LogP contribution is -2.00. The number of allylic oxidation sites excluding steroid dienone is 6. The van der Waals surface area contributed by atoms with Gasteiger partial charge in [0, 0.05) is 21.7 Å². The smallest absolute Gasteiger partial charge is 0.0626 e. The van der Waals surface area contributed by atoms with Crippen molar-refractivity contribution in [1.82, 2.24) is 4.57 Å². The third-order valence-electron chi connectivity index (χ3n) is 10.4. The summed E-state index contributed by atoms with van der Waals surface area (Å²) in [5.41, 5.74) is 11.1. The standard InChI is InChI=1S/C49H33N/c1-3-15-33(16-4-1)35-27-28-36(32-37(31-35)34-17-5-2-6-18-34)38-19-11-13-25-46(38)50-47-26-14-12-23-42(47)45-30-29-44-41-22-8-7-20-39(41)40-21-9-10-24-43(40)48(44)49(45)50/h1-27,29-32H,28H2. The fourth-order valence-electron chi connectivity index (χ4n) is 8.19. The molecule has 0 bridgehead atoms. The van der Waals surface area contributed by atoms with Gasteiger partial charge < -0.3 is 4.57 Å². The summed E-state index contributed by atoms with van der Waals surface area (Å²) in [6.45, 7) is 0. The summed E-state index contributed by atoms with van der Waals surface area (Å²) in [5.74, 6) is 0. The van der Waals surface area contributed by atoms with Crippen LogP contribution in [0.2, 0.25) is 0 Å². The molecule has 8 aromatic carbocycles. The van der Waals surface area contributed by atoms with Crippen LogP contribution in [0.5, 0.6) is 0 Å². The lowest BCUT2D eigenvalue weighted by Gasteiger charge is -2.18. The summed E-state index contributed by atoms with van der Waals surface area (Å²) in [7, 11) is 0. The number of aromatic nitrogens is 1. The second-order valence-electron chi connectivity index (χ2n) is 13.2. The SMILES string of the molecule is C1=C(c2ccccc2)C=C(c2ccccc2)C=C(c2ccccc2-n2c3ccccc3c3ccc4c5ccccc5c5ccccc5c4c32)C1. The minimum Gasteiger partial charge on any atom is -0.308 e. The second kappa shape index (κ2) is 11.6. The van der Waals surface area contributed by atoms with Gasteiger partial charge in [0.15, 0.2) is 0 Å². The molecular weight excluding hydrogens is 603 g/mol.